The molecule has 2 aromatic rings. The van der Waals surface area contributed by atoms with E-state index in [-0.39, 0.29) is 18.3 Å². The van der Waals surface area contributed by atoms with Gasteiger partial charge in [0.25, 0.3) is 0 Å². The number of hydrogen-bond acceptors (Lipinski definition) is 10. The Bertz CT molecular complexity index is 903. The van der Waals surface area contributed by atoms with Gasteiger partial charge in [-0.15, -0.1) is 0 Å². The standard InChI is InChI=1S/C19H24N6O5/c1-28-9-4-20-18-17(25(26)27)19(22-12-21-18)24-7-5-23(6-8-24)11-14-2-3-15-16(10-14)30-13-29-15/h2-3,10,12H,4-9,11,13H2,1H3,(H,20,21,22). The second-order valence-electron chi connectivity index (χ2n) is 7.02. The fraction of sp³-hybridized carbons (Fsp3) is 0.474. The maximum atomic E-state index is 11.7. The molecular formula is C19H24N6O5. The van der Waals surface area contributed by atoms with Crippen molar-refractivity contribution in [2.24, 2.45) is 0 Å². The van der Waals surface area contributed by atoms with E-state index < -0.39 is 4.92 Å². The zero-order valence-corrected chi connectivity index (χ0v) is 16.7. The van der Waals surface area contributed by atoms with E-state index in [1.54, 1.807) is 7.11 Å². The Morgan fingerprint density at radius 2 is 2.00 bits per heavy atom. The summed E-state index contributed by atoms with van der Waals surface area (Å²) in [4.78, 5) is 23.8. The smallest absolute Gasteiger partial charge is 0.353 e. The van der Waals surface area contributed by atoms with E-state index >= 15 is 0 Å². The lowest BCUT2D eigenvalue weighted by Crippen LogP contribution is -2.46. The molecule has 4 rings (SSSR count). The Labute approximate surface area is 173 Å². The fourth-order valence-corrected chi connectivity index (χ4v) is 3.59. The molecule has 1 saturated heterocycles. The van der Waals surface area contributed by atoms with Crippen molar-refractivity contribution in [1.82, 2.24) is 14.9 Å². The summed E-state index contributed by atoms with van der Waals surface area (Å²) in [5.41, 5.74) is 1.04. The van der Waals surface area contributed by atoms with Crippen molar-refractivity contribution in [1.29, 1.82) is 0 Å². The first-order valence-corrected chi connectivity index (χ1v) is 9.73. The number of nitro groups is 1. The summed E-state index contributed by atoms with van der Waals surface area (Å²) in [6.07, 6.45) is 1.36. The van der Waals surface area contributed by atoms with Gasteiger partial charge in [-0.25, -0.2) is 9.97 Å². The molecule has 1 aromatic heterocycles. The number of hydrogen-bond donors (Lipinski definition) is 1. The van der Waals surface area contributed by atoms with Crippen molar-refractivity contribution in [2.45, 2.75) is 6.54 Å². The molecule has 0 atom stereocenters. The molecule has 11 heteroatoms. The molecular weight excluding hydrogens is 392 g/mol. The summed E-state index contributed by atoms with van der Waals surface area (Å²) < 4.78 is 15.8. The first-order valence-electron chi connectivity index (χ1n) is 9.73. The molecule has 2 aliphatic heterocycles. The van der Waals surface area contributed by atoms with Crippen LogP contribution >= 0.6 is 0 Å². The number of nitrogens with one attached hydrogen (secondary N) is 1. The van der Waals surface area contributed by atoms with Crippen LogP contribution < -0.4 is 19.7 Å². The monoisotopic (exact) mass is 416 g/mol. The van der Waals surface area contributed by atoms with Gasteiger partial charge in [0.05, 0.1) is 11.5 Å². The minimum absolute atomic E-state index is 0.0992. The van der Waals surface area contributed by atoms with Crippen LogP contribution in [0.4, 0.5) is 17.3 Å². The van der Waals surface area contributed by atoms with Gasteiger partial charge in [-0.3, -0.25) is 15.0 Å². The molecule has 1 N–H and O–H groups in total. The third-order valence-corrected chi connectivity index (χ3v) is 5.10. The zero-order valence-electron chi connectivity index (χ0n) is 16.7. The van der Waals surface area contributed by atoms with Crippen LogP contribution in [0.3, 0.4) is 0 Å². The Hall–Kier alpha value is -3.18. The molecule has 0 radical (unpaired) electrons. The van der Waals surface area contributed by atoms with Gasteiger partial charge in [0, 0.05) is 46.4 Å². The highest BCUT2D eigenvalue weighted by Crippen LogP contribution is 2.34. The van der Waals surface area contributed by atoms with Gasteiger partial charge in [0.1, 0.15) is 6.33 Å². The first kappa shape index (κ1) is 20.1. The fourth-order valence-electron chi connectivity index (χ4n) is 3.59. The predicted octanol–water partition coefficient (Wildman–Crippen LogP) is 1.49. The quantitative estimate of drug-likeness (QED) is 0.385. The molecule has 0 amide bonds. The van der Waals surface area contributed by atoms with Crippen LogP contribution in [0, 0.1) is 10.1 Å². The third-order valence-electron chi connectivity index (χ3n) is 5.10. The number of anilines is 2. The van der Waals surface area contributed by atoms with Gasteiger partial charge in [-0.05, 0) is 17.7 Å². The van der Waals surface area contributed by atoms with Crippen molar-refractivity contribution in [2.75, 3.05) is 63.5 Å². The number of methoxy groups -OCH3 is 1. The normalized spacial score (nSPS) is 16.0. The minimum atomic E-state index is -0.427. The van der Waals surface area contributed by atoms with Crippen molar-refractivity contribution < 1.29 is 19.1 Å². The molecule has 0 saturated carbocycles. The number of rotatable bonds is 8. The lowest BCUT2D eigenvalue weighted by molar-refractivity contribution is -0.383. The van der Waals surface area contributed by atoms with Crippen LogP contribution in [0.25, 0.3) is 0 Å². The van der Waals surface area contributed by atoms with Gasteiger partial charge >= 0.3 is 5.69 Å². The average molecular weight is 416 g/mol. The maximum absolute atomic E-state index is 11.7. The zero-order chi connectivity index (χ0) is 20.9. The number of ether oxygens (including phenoxy) is 3. The second kappa shape index (κ2) is 9.09. The van der Waals surface area contributed by atoms with E-state index in [1.165, 1.54) is 6.33 Å². The molecule has 0 spiro atoms. The lowest BCUT2D eigenvalue weighted by Gasteiger charge is -2.35. The van der Waals surface area contributed by atoms with Gasteiger partial charge in [-0.2, -0.15) is 0 Å². The SMILES string of the molecule is COCCNc1ncnc(N2CCN(Cc3ccc4c(c3)OCO4)CC2)c1[N+](=O)[O-]. The Morgan fingerprint density at radius 3 is 2.77 bits per heavy atom. The average Bonchev–Trinajstić information content (AvgIpc) is 3.22. The maximum Gasteiger partial charge on any atom is 0.353 e. The van der Waals surface area contributed by atoms with E-state index in [9.17, 15) is 10.1 Å². The summed E-state index contributed by atoms with van der Waals surface area (Å²) in [5.74, 6) is 2.10. The largest absolute Gasteiger partial charge is 0.454 e. The summed E-state index contributed by atoms with van der Waals surface area (Å²) in [6.45, 7) is 4.70. The molecule has 0 aliphatic carbocycles. The molecule has 3 heterocycles. The van der Waals surface area contributed by atoms with Crippen LogP contribution in [0.1, 0.15) is 5.56 Å². The van der Waals surface area contributed by atoms with Crippen molar-refractivity contribution >= 4 is 17.3 Å². The van der Waals surface area contributed by atoms with Gasteiger partial charge in [0.2, 0.25) is 18.4 Å². The van der Waals surface area contributed by atoms with Crippen molar-refractivity contribution in [3.05, 3.63) is 40.2 Å². The van der Waals surface area contributed by atoms with Crippen LogP contribution in [0.5, 0.6) is 11.5 Å². The van der Waals surface area contributed by atoms with Gasteiger partial charge in [0.15, 0.2) is 11.5 Å². The molecule has 1 fully saturated rings. The molecule has 0 bridgehead atoms. The van der Waals surface area contributed by atoms with Crippen LogP contribution in [0.15, 0.2) is 24.5 Å². The van der Waals surface area contributed by atoms with Crippen LogP contribution in [-0.4, -0.2) is 73.0 Å². The number of piperazine rings is 1. The van der Waals surface area contributed by atoms with Crippen LogP contribution in [0.2, 0.25) is 0 Å². The van der Waals surface area contributed by atoms with Crippen LogP contribution in [-0.2, 0) is 11.3 Å². The number of aromatic nitrogens is 2. The predicted molar refractivity (Wildman–Crippen MR) is 109 cm³/mol. The topological polar surface area (TPSA) is 115 Å². The summed E-state index contributed by atoms with van der Waals surface area (Å²) in [7, 11) is 1.57. The van der Waals surface area contributed by atoms with E-state index in [0.29, 0.717) is 32.1 Å². The molecule has 30 heavy (non-hydrogen) atoms. The number of fused-ring (bicyclic) bond motifs is 1. The number of nitrogens with zero attached hydrogens (tertiary/aromatic N) is 5. The molecule has 2 aliphatic rings. The highest BCUT2D eigenvalue weighted by molar-refractivity contribution is 5.70. The van der Waals surface area contributed by atoms with Gasteiger partial charge in [-0.1, -0.05) is 6.07 Å². The summed E-state index contributed by atoms with van der Waals surface area (Å²) in [6, 6.07) is 5.96. The molecule has 0 unspecified atom stereocenters. The second-order valence-corrected chi connectivity index (χ2v) is 7.02. The Morgan fingerprint density at radius 1 is 1.20 bits per heavy atom. The highest BCUT2D eigenvalue weighted by Gasteiger charge is 2.29. The van der Waals surface area contributed by atoms with E-state index in [0.717, 1.165) is 36.7 Å². The first-order chi connectivity index (χ1) is 14.7. The third kappa shape index (κ3) is 4.36. The molecule has 11 nitrogen and oxygen atoms in total. The van der Waals surface area contributed by atoms with Crippen molar-refractivity contribution in [3.63, 3.8) is 0 Å². The lowest BCUT2D eigenvalue weighted by atomic mass is 10.1. The number of benzene rings is 1. The van der Waals surface area contributed by atoms with Crippen molar-refractivity contribution in [3.8, 4) is 11.5 Å². The van der Waals surface area contributed by atoms with E-state index in [4.69, 9.17) is 14.2 Å². The van der Waals surface area contributed by atoms with E-state index in [1.807, 2.05) is 23.1 Å². The Kier molecular flexibility index (Phi) is 6.10. The van der Waals surface area contributed by atoms with Gasteiger partial charge < -0.3 is 24.4 Å². The minimum Gasteiger partial charge on any atom is -0.454 e. The Balaban J connectivity index is 1.41. The summed E-state index contributed by atoms with van der Waals surface area (Å²) in [5, 5.41) is 14.7. The molecule has 1 aromatic carbocycles. The molecule has 160 valence electrons. The highest BCUT2D eigenvalue weighted by atomic mass is 16.7. The summed E-state index contributed by atoms with van der Waals surface area (Å²) >= 11 is 0. The van der Waals surface area contributed by atoms with E-state index in [2.05, 4.69) is 20.2 Å².